The zero-order chi connectivity index (χ0) is 20.6. The van der Waals surface area contributed by atoms with Gasteiger partial charge in [-0.25, -0.2) is 0 Å². The Labute approximate surface area is 169 Å². The number of rotatable bonds is 15. The molecular weight excluding hydrogens is 356 g/mol. The molecule has 0 saturated heterocycles. The zero-order valence-corrected chi connectivity index (χ0v) is 17.7. The van der Waals surface area contributed by atoms with Crippen LogP contribution < -0.4 is 0 Å². The van der Waals surface area contributed by atoms with Crippen molar-refractivity contribution in [1.82, 2.24) is 0 Å². The van der Waals surface area contributed by atoms with Crippen LogP contribution in [0.25, 0.3) is 0 Å². The summed E-state index contributed by atoms with van der Waals surface area (Å²) in [5.74, 6) is -0.585. The monoisotopic (exact) mass is 392 g/mol. The molecule has 5 heteroatoms. The van der Waals surface area contributed by atoms with Crippen LogP contribution in [0.2, 0.25) is 0 Å². The molecule has 0 unspecified atom stereocenters. The summed E-state index contributed by atoms with van der Waals surface area (Å²) < 4.78 is 16.3. The third-order valence-electron chi connectivity index (χ3n) is 4.44. The second-order valence-electron chi connectivity index (χ2n) is 7.29. The molecule has 5 nitrogen and oxygen atoms in total. The molecule has 0 saturated carbocycles. The van der Waals surface area contributed by atoms with E-state index in [-0.39, 0.29) is 24.5 Å². The molecule has 158 valence electrons. The topological polar surface area (TPSA) is 61.8 Å². The predicted octanol–water partition coefficient (Wildman–Crippen LogP) is 5.21. The first kappa shape index (κ1) is 24.2. The van der Waals surface area contributed by atoms with Crippen molar-refractivity contribution in [3.8, 4) is 0 Å². The summed E-state index contributed by atoms with van der Waals surface area (Å²) in [7, 11) is 0. The standard InChI is InChI=1S/C23H36O5/c1-4-5-6-7-11-14-22(24)28-20(3)17-23(25)26-16-15-19(2)27-18-21-12-9-8-10-13-21/h8-10,12-13,19-20H,4-7,11,14-18H2,1-3H3/t19-,20-/m1/s1. The summed E-state index contributed by atoms with van der Waals surface area (Å²) in [6.45, 7) is 6.69. The Morgan fingerprint density at radius 1 is 0.929 bits per heavy atom. The highest BCUT2D eigenvalue weighted by Crippen LogP contribution is 2.09. The van der Waals surface area contributed by atoms with Crippen molar-refractivity contribution >= 4 is 11.9 Å². The number of carbonyl (C=O) groups is 2. The average molecular weight is 393 g/mol. The Balaban J connectivity index is 2.07. The highest BCUT2D eigenvalue weighted by atomic mass is 16.6. The van der Waals surface area contributed by atoms with Gasteiger partial charge in [0, 0.05) is 12.8 Å². The van der Waals surface area contributed by atoms with Crippen molar-refractivity contribution in [1.29, 1.82) is 0 Å². The van der Waals surface area contributed by atoms with Gasteiger partial charge >= 0.3 is 11.9 Å². The molecule has 0 fully saturated rings. The summed E-state index contributed by atoms with van der Waals surface area (Å²) in [6.07, 6.45) is 6.10. The number of esters is 2. The van der Waals surface area contributed by atoms with Crippen molar-refractivity contribution in [2.24, 2.45) is 0 Å². The maximum Gasteiger partial charge on any atom is 0.309 e. The van der Waals surface area contributed by atoms with Crippen molar-refractivity contribution in [2.75, 3.05) is 6.61 Å². The Bertz CT molecular complexity index is 543. The van der Waals surface area contributed by atoms with Crippen LogP contribution in [0.3, 0.4) is 0 Å². The van der Waals surface area contributed by atoms with E-state index in [9.17, 15) is 9.59 Å². The number of ether oxygens (including phenoxy) is 3. The summed E-state index contributed by atoms with van der Waals surface area (Å²) in [5.41, 5.74) is 1.12. The van der Waals surface area contributed by atoms with Gasteiger partial charge in [0.1, 0.15) is 6.10 Å². The largest absolute Gasteiger partial charge is 0.465 e. The van der Waals surface area contributed by atoms with Crippen molar-refractivity contribution in [3.63, 3.8) is 0 Å². The second kappa shape index (κ2) is 15.1. The number of benzene rings is 1. The van der Waals surface area contributed by atoms with Crippen LogP contribution in [0.15, 0.2) is 30.3 Å². The van der Waals surface area contributed by atoms with Crippen LogP contribution in [0, 0.1) is 0 Å². The van der Waals surface area contributed by atoms with Crippen LogP contribution in [-0.4, -0.2) is 30.8 Å². The normalized spacial score (nSPS) is 13.0. The Kier molecular flexibility index (Phi) is 13.0. The Morgan fingerprint density at radius 2 is 1.64 bits per heavy atom. The molecule has 0 aromatic heterocycles. The highest BCUT2D eigenvalue weighted by Gasteiger charge is 2.15. The molecule has 0 bridgehead atoms. The van der Waals surface area contributed by atoms with E-state index in [4.69, 9.17) is 14.2 Å². The van der Waals surface area contributed by atoms with Crippen molar-refractivity contribution < 1.29 is 23.8 Å². The lowest BCUT2D eigenvalue weighted by Crippen LogP contribution is -2.21. The fraction of sp³-hybridized carbons (Fsp3) is 0.652. The van der Waals surface area contributed by atoms with Gasteiger partial charge in [0.05, 0.1) is 25.7 Å². The molecule has 2 atom stereocenters. The molecule has 0 amide bonds. The molecule has 0 spiro atoms. The van der Waals surface area contributed by atoms with Gasteiger partial charge in [-0.05, 0) is 25.8 Å². The van der Waals surface area contributed by atoms with Crippen LogP contribution >= 0.6 is 0 Å². The fourth-order valence-corrected chi connectivity index (χ4v) is 2.73. The van der Waals surface area contributed by atoms with Crippen LogP contribution in [0.4, 0.5) is 0 Å². The van der Waals surface area contributed by atoms with Gasteiger partial charge in [0.25, 0.3) is 0 Å². The Hall–Kier alpha value is -1.88. The van der Waals surface area contributed by atoms with Crippen LogP contribution in [-0.2, 0) is 30.4 Å². The van der Waals surface area contributed by atoms with Crippen molar-refractivity contribution in [2.45, 2.75) is 91.0 Å². The van der Waals surface area contributed by atoms with E-state index in [1.165, 1.54) is 12.8 Å². The molecule has 1 aromatic carbocycles. The number of carbonyl (C=O) groups excluding carboxylic acids is 2. The summed E-state index contributed by atoms with van der Waals surface area (Å²) in [5, 5.41) is 0. The molecule has 1 aromatic rings. The number of hydrogen-bond acceptors (Lipinski definition) is 5. The van der Waals surface area contributed by atoms with E-state index in [1.54, 1.807) is 6.92 Å². The lowest BCUT2D eigenvalue weighted by Gasteiger charge is -2.15. The third kappa shape index (κ3) is 12.5. The summed E-state index contributed by atoms with van der Waals surface area (Å²) in [4.78, 5) is 23.6. The molecule has 0 radical (unpaired) electrons. The van der Waals surface area contributed by atoms with E-state index in [0.717, 1.165) is 24.8 Å². The van der Waals surface area contributed by atoms with Crippen LogP contribution in [0.1, 0.15) is 77.7 Å². The second-order valence-corrected chi connectivity index (χ2v) is 7.29. The third-order valence-corrected chi connectivity index (χ3v) is 4.44. The molecule has 0 aliphatic rings. The molecule has 1 rings (SSSR count). The Morgan fingerprint density at radius 3 is 2.36 bits per heavy atom. The van der Waals surface area contributed by atoms with Gasteiger partial charge in [-0.2, -0.15) is 0 Å². The number of hydrogen-bond donors (Lipinski definition) is 0. The molecule has 0 aliphatic carbocycles. The molecule has 0 N–H and O–H groups in total. The SMILES string of the molecule is CCCCCCCC(=O)O[C@H](C)CC(=O)OCC[C@@H](C)OCc1ccccc1. The quantitative estimate of drug-likeness (QED) is 0.303. The van der Waals surface area contributed by atoms with Gasteiger partial charge in [-0.3, -0.25) is 9.59 Å². The maximum atomic E-state index is 11.9. The van der Waals surface area contributed by atoms with Crippen molar-refractivity contribution in [3.05, 3.63) is 35.9 Å². The smallest absolute Gasteiger partial charge is 0.309 e. The van der Waals surface area contributed by atoms with Gasteiger partial charge in [0.2, 0.25) is 0 Å². The minimum Gasteiger partial charge on any atom is -0.465 e. The van der Waals surface area contributed by atoms with E-state index >= 15 is 0 Å². The minimum absolute atomic E-state index is 0.00374. The summed E-state index contributed by atoms with van der Waals surface area (Å²) in [6, 6.07) is 9.96. The maximum absolute atomic E-state index is 11.9. The lowest BCUT2D eigenvalue weighted by atomic mass is 10.1. The highest BCUT2D eigenvalue weighted by molar-refractivity contribution is 5.72. The van der Waals surface area contributed by atoms with Gasteiger partial charge < -0.3 is 14.2 Å². The predicted molar refractivity (Wildman–Crippen MR) is 110 cm³/mol. The van der Waals surface area contributed by atoms with Gasteiger partial charge in [-0.15, -0.1) is 0 Å². The molecule has 0 aliphatic heterocycles. The first-order chi connectivity index (χ1) is 13.5. The van der Waals surface area contributed by atoms with E-state index < -0.39 is 6.10 Å². The lowest BCUT2D eigenvalue weighted by molar-refractivity contribution is -0.154. The fourth-order valence-electron chi connectivity index (χ4n) is 2.73. The zero-order valence-electron chi connectivity index (χ0n) is 17.7. The van der Waals surface area contributed by atoms with E-state index in [0.29, 0.717) is 26.1 Å². The van der Waals surface area contributed by atoms with E-state index in [1.807, 2.05) is 37.3 Å². The van der Waals surface area contributed by atoms with Crippen LogP contribution in [0.5, 0.6) is 0 Å². The van der Waals surface area contributed by atoms with E-state index in [2.05, 4.69) is 6.92 Å². The summed E-state index contributed by atoms with van der Waals surface area (Å²) >= 11 is 0. The first-order valence-electron chi connectivity index (χ1n) is 10.5. The number of unbranched alkanes of at least 4 members (excludes halogenated alkanes) is 4. The average Bonchev–Trinajstić information content (AvgIpc) is 2.67. The first-order valence-corrected chi connectivity index (χ1v) is 10.5. The minimum atomic E-state index is -0.456. The molecule has 28 heavy (non-hydrogen) atoms. The van der Waals surface area contributed by atoms with Gasteiger partial charge in [-0.1, -0.05) is 62.9 Å². The molecule has 0 heterocycles. The molecular formula is C23H36O5. The van der Waals surface area contributed by atoms with Gasteiger partial charge in [0.15, 0.2) is 0 Å².